The lowest BCUT2D eigenvalue weighted by molar-refractivity contribution is -0.122. The van der Waals surface area contributed by atoms with E-state index < -0.39 is 11.9 Å². The van der Waals surface area contributed by atoms with Gasteiger partial charge in [0.1, 0.15) is 17.5 Å². The van der Waals surface area contributed by atoms with Crippen molar-refractivity contribution in [3.63, 3.8) is 0 Å². The predicted octanol–water partition coefficient (Wildman–Crippen LogP) is 2.27. The fourth-order valence-corrected chi connectivity index (χ4v) is 3.77. The predicted molar refractivity (Wildman–Crippen MR) is 120 cm³/mol. The minimum atomic E-state index is -0.776. The minimum Gasteiger partial charge on any atom is -0.467 e. The second-order valence-electron chi connectivity index (χ2n) is 8.14. The first-order chi connectivity index (χ1) is 15.9. The molecule has 2 N–H and O–H groups in total. The number of nitrogens with zero attached hydrogens (tertiary/aromatic N) is 3. The summed E-state index contributed by atoms with van der Waals surface area (Å²) in [6, 6.07) is 12.2. The number of rotatable bonds is 7. The first kappa shape index (κ1) is 22.3. The van der Waals surface area contributed by atoms with Gasteiger partial charge in [-0.15, -0.1) is 0 Å². The van der Waals surface area contributed by atoms with Gasteiger partial charge in [-0.1, -0.05) is 24.3 Å². The summed E-state index contributed by atoms with van der Waals surface area (Å²) in [7, 11) is 0. The lowest BCUT2D eigenvalue weighted by Crippen LogP contribution is -2.44. The number of nitrogens with one attached hydrogen (secondary N) is 2. The highest BCUT2D eigenvalue weighted by atomic mass is 16.3. The minimum absolute atomic E-state index is 0.113. The SMILES string of the molecule is Cc1ccccc1CN1CCCn2nc(C(=O)NC(C)C(=O)NCc3ccco3)cc2C1=O. The molecule has 9 heteroatoms. The quantitative estimate of drug-likeness (QED) is 0.575. The van der Waals surface area contributed by atoms with Crippen LogP contribution in [0.1, 0.15) is 51.2 Å². The van der Waals surface area contributed by atoms with E-state index in [4.69, 9.17) is 4.42 Å². The molecule has 2 aromatic heterocycles. The molecular formula is C24H27N5O4. The molecule has 0 bridgehead atoms. The van der Waals surface area contributed by atoms with Gasteiger partial charge in [0.15, 0.2) is 5.69 Å². The largest absolute Gasteiger partial charge is 0.467 e. The molecule has 33 heavy (non-hydrogen) atoms. The number of carbonyl (C=O) groups excluding carboxylic acids is 3. The maximum absolute atomic E-state index is 13.2. The van der Waals surface area contributed by atoms with Crippen molar-refractivity contribution in [2.75, 3.05) is 6.54 Å². The van der Waals surface area contributed by atoms with Crippen molar-refractivity contribution in [1.29, 1.82) is 0 Å². The van der Waals surface area contributed by atoms with E-state index in [0.29, 0.717) is 31.1 Å². The highest BCUT2D eigenvalue weighted by molar-refractivity contribution is 5.99. The number of hydrogen-bond donors (Lipinski definition) is 2. The van der Waals surface area contributed by atoms with E-state index in [1.807, 2.05) is 31.2 Å². The summed E-state index contributed by atoms with van der Waals surface area (Å²) in [5.74, 6) is -0.393. The van der Waals surface area contributed by atoms with Crippen molar-refractivity contribution < 1.29 is 18.8 Å². The van der Waals surface area contributed by atoms with Gasteiger partial charge in [0, 0.05) is 25.7 Å². The molecule has 0 saturated carbocycles. The number of hydrogen-bond acceptors (Lipinski definition) is 5. The van der Waals surface area contributed by atoms with E-state index in [2.05, 4.69) is 15.7 Å². The van der Waals surface area contributed by atoms with Crippen molar-refractivity contribution in [3.8, 4) is 0 Å². The molecule has 172 valence electrons. The van der Waals surface area contributed by atoms with Crippen molar-refractivity contribution in [3.05, 3.63) is 77.0 Å². The van der Waals surface area contributed by atoms with Gasteiger partial charge >= 0.3 is 0 Å². The van der Waals surface area contributed by atoms with Crippen LogP contribution < -0.4 is 10.6 Å². The molecule has 9 nitrogen and oxygen atoms in total. The molecule has 0 fully saturated rings. The third kappa shape index (κ3) is 5.14. The average Bonchev–Trinajstić information content (AvgIpc) is 3.45. The van der Waals surface area contributed by atoms with Gasteiger partial charge in [-0.25, -0.2) is 0 Å². The van der Waals surface area contributed by atoms with Crippen LogP contribution in [-0.2, 0) is 24.4 Å². The Kier molecular flexibility index (Phi) is 6.58. The van der Waals surface area contributed by atoms with Crippen LogP contribution in [0.15, 0.2) is 53.1 Å². The van der Waals surface area contributed by atoms with E-state index in [1.54, 1.807) is 28.6 Å². The van der Waals surface area contributed by atoms with E-state index in [-0.39, 0.29) is 24.1 Å². The average molecular weight is 450 g/mol. The van der Waals surface area contributed by atoms with Crippen LogP contribution in [-0.4, -0.2) is 45.0 Å². The van der Waals surface area contributed by atoms with Crippen LogP contribution in [0, 0.1) is 6.92 Å². The van der Waals surface area contributed by atoms with Gasteiger partial charge in [0.05, 0.1) is 12.8 Å². The number of amides is 3. The molecule has 1 aliphatic rings. The standard InChI is InChI=1S/C24H27N5O4/c1-16-7-3-4-8-18(16)15-28-10-6-11-29-21(24(28)32)13-20(27-29)23(31)26-17(2)22(30)25-14-19-9-5-12-33-19/h3-5,7-9,12-13,17H,6,10-11,14-15H2,1-2H3,(H,25,30)(H,26,31). The van der Waals surface area contributed by atoms with Gasteiger partial charge in [-0.05, 0) is 43.5 Å². The zero-order valence-corrected chi connectivity index (χ0v) is 18.7. The van der Waals surface area contributed by atoms with Crippen LogP contribution in [0.3, 0.4) is 0 Å². The van der Waals surface area contributed by atoms with Gasteiger partial charge < -0.3 is 20.0 Å². The topological polar surface area (TPSA) is 109 Å². The summed E-state index contributed by atoms with van der Waals surface area (Å²) < 4.78 is 6.76. The second kappa shape index (κ2) is 9.72. The summed E-state index contributed by atoms with van der Waals surface area (Å²) in [4.78, 5) is 40.0. The second-order valence-corrected chi connectivity index (χ2v) is 8.14. The number of benzene rings is 1. The Morgan fingerprint density at radius 3 is 2.76 bits per heavy atom. The molecule has 3 aromatic rings. The monoisotopic (exact) mass is 449 g/mol. The van der Waals surface area contributed by atoms with Crippen LogP contribution in [0.4, 0.5) is 0 Å². The van der Waals surface area contributed by atoms with Gasteiger partial charge in [-0.3, -0.25) is 19.1 Å². The van der Waals surface area contributed by atoms with Crippen molar-refractivity contribution in [2.24, 2.45) is 0 Å². The summed E-state index contributed by atoms with van der Waals surface area (Å²) >= 11 is 0. The Morgan fingerprint density at radius 2 is 2.00 bits per heavy atom. The summed E-state index contributed by atoms with van der Waals surface area (Å²) in [5, 5.41) is 9.68. The highest BCUT2D eigenvalue weighted by Crippen LogP contribution is 2.18. The van der Waals surface area contributed by atoms with E-state index in [9.17, 15) is 14.4 Å². The molecule has 0 aliphatic carbocycles. The Labute approximate surface area is 191 Å². The Hall–Kier alpha value is -3.88. The third-order valence-corrected chi connectivity index (χ3v) is 5.70. The molecule has 0 saturated heterocycles. The van der Waals surface area contributed by atoms with Crippen LogP contribution in [0.25, 0.3) is 0 Å². The smallest absolute Gasteiger partial charge is 0.272 e. The number of aryl methyl sites for hydroxylation is 2. The zero-order valence-electron chi connectivity index (χ0n) is 18.7. The molecule has 1 atom stereocenters. The van der Waals surface area contributed by atoms with Crippen LogP contribution >= 0.6 is 0 Å². The van der Waals surface area contributed by atoms with E-state index >= 15 is 0 Å². The van der Waals surface area contributed by atoms with Crippen molar-refractivity contribution in [2.45, 2.75) is 45.9 Å². The molecule has 0 radical (unpaired) electrons. The molecule has 1 aliphatic heterocycles. The van der Waals surface area contributed by atoms with Gasteiger partial charge in [0.2, 0.25) is 5.91 Å². The Balaban J connectivity index is 1.41. The zero-order chi connectivity index (χ0) is 23.4. The Morgan fingerprint density at radius 1 is 1.18 bits per heavy atom. The third-order valence-electron chi connectivity index (χ3n) is 5.70. The lowest BCUT2D eigenvalue weighted by Gasteiger charge is -2.21. The molecule has 3 amide bonds. The highest BCUT2D eigenvalue weighted by Gasteiger charge is 2.27. The maximum atomic E-state index is 13.2. The van der Waals surface area contributed by atoms with E-state index in [1.165, 1.54) is 12.3 Å². The number of aromatic nitrogens is 2. The molecule has 0 spiro atoms. The molecule has 3 heterocycles. The van der Waals surface area contributed by atoms with Crippen molar-refractivity contribution >= 4 is 17.7 Å². The fourth-order valence-electron chi connectivity index (χ4n) is 3.77. The summed E-state index contributed by atoms with van der Waals surface area (Å²) in [5.41, 5.74) is 2.71. The maximum Gasteiger partial charge on any atom is 0.272 e. The summed E-state index contributed by atoms with van der Waals surface area (Å²) in [6.45, 7) is 5.51. The van der Waals surface area contributed by atoms with Crippen molar-refractivity contribution in [1.82, 2.24) is 25.3 Å². The van der Waals surface area contributed by atoms with Crippen LogP contribution in [0.2, 0.25) is 0 Å². The normalized spacial score (nSPS) is 14.4. The fraction of sp³-hybridized carbons (Fsp3) is 0.333. The van der Waals surface area contributed by atoms with Gasteiger partial charge in [-0.2, -0.15) is 5.10 Å². The molecule has 4 rings (SSSR count). The molecule has 1 aromatic carbocycles. The first-order valence-corrected chi connectivity index (χ1v) is 10.9. The van der Waals surface area contributed by atoms with E-state index in [0.717, 1.165) is 17.5 Å². The Bertz CT molecular complexity index is 1150. The van der Waals surface area contributed by atoms with Gasteiger partial charge in [0.25, 0.3) is 11.8 Å². The first-order valence-electron chi connectivity index (χ1n) is 10.9. The number of fused-ring (bicyclic) bond motifs is 1. The lowest BCUT2D eigenvalue weighted by atomic mass is 10.1. The molecule has 1 unspecified atom stereocenters. The van der Waals surface area contributed by atoms with Crippen LogP contribution in [0.5, 0.6) is 0 Å². The molecular weight excluding hydrogens is 422 g/mol. The number of carbonyl (C=O) groups is 3. The number of furan rings is 1. The summed E-state index contributed by atoms with van der Waals surface area (Å²) in [6.07, 6.45) is 2.26.